The summed E-state index contributed by atoms with van der Waals surface area (Å²) in [6, 6.07) is 19.9. The number of cyclic esters (lactones) is 1. The van der Waals surface area contributed by atoms with Crippen molar-refractivity contribution in [3.8, 4) is 5.75 Å². The van der Waals surface area contributed by atoms with E-state index in [0.717, 1.165) is 22.3 Å². The van der Waals surface area contributed by atoms with Crippen molar-refractivity contribution in [2.45, 2.75) is 6.92 Å². The van der Waals surface area contributed by atoms with Crippen molar-refractivity contribution in [3.63, 3.8) is 0 Å². The van der Waals surface area contributed by atoms with Gasteiger partial charge in [-0.05, 0) is 53.6 Å². The van der Waals surface area contributed by atoms with E-state index in [1.165, 1.54) is 10.9 Å². The smallest absolute Gasteiger partial charge is 0.343 e. The zero-order valence-electron chi connectivity index (χ0n) is 14.7. The molecule has 0 atom stereocenters. The average Bonchev–Trinajstić information content (AvgIpc) is 3.02. The lowest BCUT2D eigenvalue weighted by Gasteiger charge is -2.05. The van der Waals surface area contributed by atoms with E-state index in [1.54, 1.807) is 13.2 Å². The second-order valence-electron chi connectivity index (χ2n) is 6.34. The highest BCUT2D eigenvalue weighted by atomic mass is 16.5. The molecule has 3 aromatic rings. The third-order valence-corrected chi connectivity index (χ3v) is 4.44. The van der Waals surface area contributed by atoms with Crippen molar-refractivity contribution < 1.29 is 14.3 Å². The molecule has 1 aliphatic rings. The Balaban J connectivity index is 1.67. The van der Waals surface area contributed by atoms with Gasteiger partial charge in [0.05, 0.1) is 12.7 Å². The van der Waals surface area contributed by atoms with E-state index in [-0.39, 0.29) is 5.97 Å². The Kier molecular flexibility index (Phi) is 4.05. The molecular formula is C23H18O3. The number of aryl methyl sites for hydroxylation is 1. The number of carbonyl (C=O) groups is 1. The Bertz CT molecular complexity index is 1060. The van der Waals surface area contributed by atoms with Gasteiger partial charge in [-0.3, -0.25) is 0 Å². The lowest BCUT2D eigenvalue weighted by atomic mass is 10.0. The SMILES string of the molecule is COc1ccc(C=C2C=C(c3ccc4cc(C)ccc4c3)OC2=O)cc1. The molecule has 128 valence electrons. The second kappa shape index (κ2) is 6.52. The second-order valence-corrected chi connectivity index (χ2v) is 6.34. The Labute approximate surface area is 152 Å². The molecule has 1 heterocycles. The number of methoxy groups -OCH3 is 1. The van der Waals surface area contributed by atoms with Crippen LogP contribution in [0.5, 0.6) is 5.75 Å². The Morgan fingerprint density at radius 2 is 1.65 bits per heavy atom. The maximum absolute atomic E-state index is 12.2. The van der Waals surface area contributed by atoms with E-state index in [9.17, 15) is 4.79 Å². The maximum atomic E-state index is 12.2. The Morgan fingerprint density at radius 3 is 2.42 bits per heavy atom. The fourth-order valence-electron chi connectivity index (χ4n) is 3.03. The summed E-state index contributed by atoms with van der Waals surface area (Å²) in [5, 5.41) is 2.30. The van der Waals surface area contributed by atoms with Crippen LogP contribution in [-0.2, 0) is 9.53 Å². The quantitative estimate of drug-likeness (QED) is 0.488. The van der Waals surface area contributed by atoms with Crippen LogP contribution in [0.25, 0.3) is 22.6 Å². The number of hydrogen-bond acceptors (Lipinski definition) is 3. The molecule has 4 rings (SSSR count). The molecule has 0 saturated carbocycles. The summed E-state index contributed by atoms with van der Waals surface area (Å²) < 4.78 is 10.6. The van der Waals surface area contributed by atoms with Gasteiger partial charge in [-0.15, -0.1) is 0 Å². The fraction of sp³-hybridized carbons (Fsp3) is 0.0870. The van der Waals surface area contributed by atoms with Crippen molar-refractivity contribution in [1.82, 2.24) is 0 Å². The highest BCUT2D eigenvalue weighted by Crippen LogP contribution is 2.30. The monoisotopic (exact) mass is 342 g/mol. The standard InChI is InChI=1S/C23H18O3/c1-15-3-6-18-13-19(8-7-17(18)11-15)22-14-20(23(24)26-22)12-16-4-9-21(25-2)10-5-16/h3-14H,1-2H3. The summed E-state index contributed by atoms with van der Waals surface area (Å²) in [5.74, 6) is 1.03. The molecule has 0 N–H and O–H groups in total. The molecule has 3 heteroatoms. The molecule has 3 nitrogen and oxygen atoms in total. The third kappa shape index (κ3) is 3.11. The van der Waals surface area contributed by atoms with Crippen LogP contribution >= 0.6 is 0 Å². The Morgan fingerprint density at radius 1 is 0.923 bits per heavy atom. The van der Waals surface area contributed by atoms with Gasteiger partial charge >= 0.3 is 5.97 Å². The molecule has 0 amide bonds. The molecule has 0 fully saturated rings. The average molecular weight is 342 g/mol. The van der Waals surface area contributed by atoms with Crippen molar-refractivity contribution in [3.05, 3.63) is 89.0 Å². The van der Waals surface area contributed by atoms with Crippen LogP contribution in [0, 0.1) is 6.92 Å². The Hall–Kier alpha value is -3.33. The first kappa shape index (κ1) is 16.2. The van der Waals surface area contributed by atoms with Crippen LogP contribution in [0.15, 0.2) is 72.3 Å². The van der Waals surface area contributed by atoms with Gasteiger partial charge in [0.25, 0.3) is 0 Å². The number of carbonyl (C=O) groups excluding carboxylic acids is 1. The first-order chi connectivity index (χ1) is 12.6. The van der Waals surface area contributed by atoms with E-state index < -0.39 is 0 Å². The number of benzene rings is 3. The maximum Gasteiger partial charge on any atom is 0.343 e. The van der Waals surface area contributed by atoms with Crippen molar-refractivity contribution >= 4 is 28.6 Å². The molecule has 0 spiro atoms. The van der Waals surface area contributed by atoms with Crippen LogP contribution in [0.3, 0.4) is 0 Å². The van der Waals surface area contributed by atoms with E-state index >= 15 is 0 Å². The molecule has 0 saturated heterocycles. The van der Waals surface area contributed by atoms with E-state index in [0.29, 0.717) is 11.3 Å². The van der Waals surface area contributed by atoms with Gasteiger partial charge in [-0.1, -0.05) is 48.0 Å². The molecule has 0 radical (unpaired) electrons. The zero-order valence-corrected chi connectivity index (χ0v) is 14.7. The predicted molar refractivity (Wildman–Crippen MR) is 104 cm³/mol. The highest BCUT2D eigenvalue weighted by molar-refractivity contribution is 6.05. The third-order valence-electron chi connectivity index (χ3n) is 4.44. The summed E-state index contributed by atoms with van der Waals surface area (Å²) in [6.07, 6.45) is 3.61. The topological polar surface area (TPSA) is 35.5 Å². The van der Waals surface area contributed by atoms with Crippen LogP contribution < -0.4 is 4.74 Å². The summed E-state index contributed by atoms with van der Waals surface area (Å²) >= 11 is 0. The molecule has 26 heavy (non-hydrogen) atoms. The van der Waals surface area contributed by atoms with Crippen LogP contribution in [0.1, 0.15) is 16.7 Å². The van der Waals surface area contributed by atoms with Gasteiger partial charge in [0.2, 0.25) is 0 Å². The van der Waals surface area contributed by atoms with E-state index in [1.807, 2.05) is 42.5 Å². The normalized spacial score (nSPS) is 15.2. The molecule has 0 aliphatic carbocycles. The summed E-state index contributed by atoms with van der Waals surface area (Å²) in [6.45, 7) is 2.07. The van der Waals surface area contributed by atoms with Crippen LogP contribution in [-0.4, -0.2) is 13.1 Å². The molecule has 0 aromatic heterocycles. The lowest BCUT2D eigenvalue weighted by molar-refractivity contribution is -0.130. The van der Waals surface area contributed by atoms with Gasteiger partial charge in [-0.2, -0.15) is 0 Å². The number of hydrogen-bond donors (Lipinski definition) is 0. The summed E-state index contributed by atoms with van der Waals surface area (Å²) in [5.41, 5.74) is 3.58. The zero-order chi connectivity index (χ0) is 18.1. The minimum Gasteiger partial charge on any atom is -0.497 e. The van der Waals surface area contributed by atoms with Crippen LogP contribution in [0.2, 0.25) is 0 Å². The van der Waals surface area contributed by atoms with Crippen molar-refractivity contribution in [2.24, 2.45) is 0 Å². The number of fused-ring (bicyclic) bond motifs is 1. The number of ether oxygens (including phenoxy) is 2. The fourth-order valence-corrected chi connectivity index (χ4v) is 3.03. The van der Waals surface area contributed by atoms with Gasteiger partial charge in [0, 0.05) is 5.56 Å². The molecule has 0 bridgehead atoms. The molecular weight excluding hydrogens is 324 g/mol. The van der Waals surface area contributed by atoms with Gasteiger partial charge in [0.15, 0.2) is 0 Å². The lowest BCUT2D eigenvalue weighted by Crippen LogP contribution is -1.97. The first-order valence-corrected chi connectivity index (χ1v) is 8.43. The van der Waals surface area contributed by atoms with Crippen LogP contribution in [0.4, 0.5) is 0 Å². The minimum absolute atomic E-state index is 0.333. The van der Waals surface area contributed by atoms with E-state index in [2.05, 4.69) is 31.2 Å². The molecule has 0 unspecified atom stereocenters. The summed E-state index contributed by atoms with van der Waals surface area (Å²) in [7, 11) is 1.63. The highest BCUT2D eigenvalue weighted by Gasteiger charge is 2.22. The summed E-state index contributed by atoms with van der Waals surface area (Å²) in [4.78, 5) is 12.2. The largest absolute Gasteiger partial charge is 0.497 e. The minimum atomic E-state index is -0.333. The molecule has 1 aliphatic heterocycles. The van der Waals surface area contributed by atoms with Gasteiger partial charge in [0.1, 0.15) is 11.5 Å². The first-order valence-electron chi connectivity index (χ1n) is 8.43. The number of esters is 1. The van der Waals surface area contributed by atoms with Gasteiger partial charge < -0.3 is 9.47 Å². The predicted octanol–water partition coefficient (Wildman–Crippen LogP) is 5.14. The van der Waals surface area contributed by atoms with E-state index in [4.69, 9.17) is 9.47 Å². The van der Waals surface area contributed by atoms with Crippen molar-refractivity contribution in [2.75, 3.05) is 7.11 Å². The number of rotatable bonds is 3. The van der Waals surface area contributed by atoms with Gasteiger partial charge in [-0.25, -0.2) is 4.79 Å². The van der Waals surface area contributed by atoms with Crippen molar-refractivity contribution in [1.29, 1.82) is 0 Å². The molecule has 3 aromatic carbocycles.